The van der Waals surface area contributed by atoms with E-state index in [1.165, 1.54) is 16.2 Å². The zero-order chi connectivity index (χ0) is 13.5. The van der Waals surface area contributed by atoms with Gasteiger partial charge in [0.25, 0.3) is 0 Å². The molecule has 3 aromatic carbocycles. The number of nitrogens with zero attached hydrogens (tertiary/aromatic N) is 1. The number of hydrogen-bond donors (Lipinski definition) is 2. The van der Waals surface area contributed by atoms with Gasteiger partial charge in [0, 0.05) is 17.2 Å². The van der Waals surface area contributed by atoms with Crippen LogP contribution in [0.15, 0.2) is 48.5 Å². The highest BCUT2D eigenvalue weighted by atomic mass is 16.3. The summed E-state index contributed by atoms with van der Waals surface area (Å²) in [7, 11) is 0. The van der Waals surface area contributed by atoms with Crippen LogP contribution in [-0.4, -0.2) is 21.7 Å². The molecule has 0 atom stereocenters. The first-order valence-electron chi connectivity index (χ1n) is 6.77. The van der Waals surface area contributed by atoms with E-state index in [9.17, 15) is 0 Å². The first kappa shape index (κ1) is 11.4. The number of rotatable bonds is 2. The van der Waals surface area contributed by atoms with E-state index >= 15 is 0 Å². The molecule has 0 saturated heterocycles. The number of hydrogen-bond acceptors (Lipinski definition) is 2. The van der Waals surface area contributed by atoms with Crippen molar-refractivity contribution in [2.24, 2.45) is 0 Å². The Hall–Kier alpha value is -2.39. The van der Waals surface area contributed by atoms with Gasteiger partial charge in [-0.2, -0.15) is 0 Å². The molecule has 20 heavy (non-hydrogen) atoms. The van der Waals surface area contributed by atoms with Crippen LogP contribution in [0.4, 0.5) is 0 Å². The Balaban J connectivity index is 2.25. The average Bonchev–Trinajstić information content (AvgIpc) is 2.92. The lowest BCUT2D eigenvalue weighted by Gasteiger charge is -2.05. The zero-order valence-corrected chi connectivity index (χ0v) is 10.9. The SMILES string of the molecule is OCCc1nc2c3ccccc3c3ccccc3c2[nH]1. The van der Waals surface area contributed by atoms with Crippen molar-refractivity contribution in [3.05, 3.63) is 54.4 Å². The van der Waals surface area contributed by atoms with Gasteiger partial charge in [0.2, 0.25) is 0 Å². The topological polar surface area (TPSA) is 48.9 Å². The monoisotopic (exact) mass is 262 g/mol. The van der Waals surface area contributed by atoms with E-state index in [1.807, 2.05) is 12.1 Å². The lowest BCUT2D eigenvalue weighted by Crippen LogP contribution is -1.91. The molecule has 4 aromatic rings. The molecular formula is C17H14N2O. The molecule has 0 amide bonds. The minimum Gasteiger partial charge on any atom is -0.396 e. The van der Waals surface area contributed by atoms with Crippen LogP contribution in [0.2, 0.25) is 0 Å². The molecule has 0 fully saturated rings. The van der Waals surface area contributed by atoms with Crippen molar-refractivity contribution in [1.82, 2.24) is 9.97 Å². The molecule has 1 heterocycles. The van der Waals surface area contributed by atoms with Crippen LogP contribution in [-0.2, 0) is 6.42 Å². The summed E-state index contributed by atoms with van der Waals surface area (Å²) in [4.78, 5) is 8.03. The Morgan fingerprint density at radius 1 is 0.850 bits per heavy atom. The Morgan fingerprint density at radius 2 is 1.45 bits per heavy atom. The summed E-state index contributed by atoms with van der Waals surface area (Å²) in [6, 6.07) is 16.7. The van der Waals surface area contributed by atoms with Gasteiger partial charge < -0.3 is 10.1 Å². The van der Waals surface area contributed by atoms with Crippen LogP contribution in [0.5, 0.6) is 0 Å². The van der Waals surface area contributed by atoms with Crippen LogP contribution < -0.4 is 0 Å². The van der Waals surface area contributed by atoms with E-state index in [0.717, 1.165) is 22.2 Å². The van der Waals surface area contributed by atoms with Crippen LogP contribution in [0, 0.1) is 0 Å². The summed E-state index contributed by atoms with van der Waals surface area (Å²) in [5, 5.41) is 13.9. The normalized spacial score (nSPS) is 11.7. The van der Waals surface area contributed by atoms with Crippen molar-refractivity contribution < 1.29 is 5.11 Å². The number of aliphatic hydroxyl groups excluding tert-OH is 1. The molecule has 0 bridgehead atoms. The average molecular weight is 262 g/mol. The maximum Gasteiger partial charge on any atom is 0.109 e. The number of aliphatic hydroxyl groups is 1. The molecule has 1 aromatic heterocycles. The Labute approximate surface area is 115 Å². The number of aromatic amines is 1. The standard InChI is InChI=1S/C17H14N2O/c20-10-9-15-18-16-13-7-3-1-5-11(13)12-6-2-4-8-14(12)17(16)19-15/h1-8,20H,9-10H2,(H,18,19). The molecule has 0 saturated carbocycles. The van der Waals surface area contributed by atoms with E-state index < -0.39 is 0 Å². The Kier molecular flexibility index (Phi) is 2.47. The highest BCUT2D eigenvalue weighted by molar-refractivity contribution is 6.23. The second-order valence-corrected chi connectivity index (χ2v) is 4.97. The van der Waals surface area contributed by atoms with Crippen molar-refractivity contribution in [3.63, 3.8) is 0 Å². The molecule has 0 aliphatic carbocycles. The summed E-state index contributed by atoms with van der Waals surface area (Å²) in [5.74, 6) is 0.837. The first-order valence-corrected chi connectivity index (χ1v) is 6.77. The second-order valence-electron chi connectivity index (χ2n) is 4.97. The molecule has 0 spiro atoms. The molecule has 0 aliphatic heterocycles. The van der Waals surface area contributed by atoms with Crippen molar-refractivity contribution >= 4 is 32.6 Å². The van der Waals surface area contributed by atoms with Crippen LogP contribution in [0.1, 0.15) is 5.82 Å². The molecule has 0 aliphatic rings. The molecule has 2 N–H and O–H groups in total. The van der Waals surface area contributed by atoms with Crippen molar-refractivity contribution in [1.29, 1.82) is 0 Å². The summed E-state index contributed by atoms with van der Waals surface area (Å²) in [5.41, 5.74) is 2.05. The van der Waals surface area contributed by atoms with E-state index in [4.69, 9.17) is 5.11 Å². The fourth-order valence-corrected chi connectivity index (χ4v) is 2.90. The van der Waals surface area contributed by atoms with Gasteiger partial charge in [-0.05, 0) is 10.8 Å². The summed E-state index contributed by atoms with van der Waals surface area (Å²) in [6.07, 6.45) is 0.553. The predicted octanol–water partition coefficient (Wildman–Crippen LogP) is 3.40. The van der Waals surface area contributed by atoms with Gasteiger partial charge in [0.05, 0.1) is 17.6 Å². The first-order chi connectivity index (χ1) is 9.88. The third-order valence-electron chi connectivity index (χ3n) is 3.77. The van der Waals surface area contributed by atoms with Crippen molar-refractivity contribution in [2.75, 3.05) is 6.61 Å². The highest BCUT2D eigenvalue weighted by Crippen LogP contribution is 2.33. The van der Waals surface area contributed by atoms with Crippen LogP contribution in [0.25, 0.3) is 32.6 Å². The third-order valence-corrected chi connectivity index (χ3v) is 3.77. The molecule has 4 rings (SSSR count). The minimum absolute atomic E-state index is 0.107. The van der Waals surface area contributed by atoms with Crippen LogP contribution in [0.3, 0.4) is 0 Å². The molecule has 3 heteroatoms. The van der Waals surface area contributed by atoms with Gasteiger partial charge in [-0.25, -0.2) is 4.98 Å². The van der Waals surface area contributed by atoms with Crippen molar-refractivity contribution in [2.45, 2.75) is 6.42 Å². The number of imidazole rings is 1. The lowest BCUT2D eigenvalue weighted by molar-refractivity contribution is 0.297. The Bertz CT molecular complexity index is 851. The summed E-state index contributed by atoms with van der Waals surface area (Å²) in [6.45, 7) is 0.107. The molecule has 0 radical (unpaired) electrons. The van der Waals surface area contributed by atoms with E-state index in [-0.39, 0.29) is 6.61 Å². The van der Waals surface area contributed by atoms with Gasteiger partial charge in [-0.1, -0.05) is 48.5 Å². The maximum atomic E-state index is 9.11. The molecule has 98 valence electrons. The zero-order valence-electron chi connectivity index (χ0n) is 10.9. The Morgan fingerprint density at radius 3 is 2.15 bits per heavy atom. The van der Waals surface area contributed by atoms with Gasteiger partial charge >= 0.3 is 0 Å². The van der Waals surface area contributed by atoms with Gasteiger partial charge in [0.1, 0.15) is 5.82 Å². The number of benzene rings is 3. The number of H-pyrrole nitrogens is 1. The second kappa shape index (κ2) is 4.32. The van der Waals surface area contributed by atoms with E-state index in [0.29, 0.717) is 6.42 Å². The fourth-order valence-electron chi connectivity index (χ4n) is 2.90. The van der Waals surface area contributed by atoms with Gasteiger partial charge in [-0.3, -0.25) is 0 Å². The fraction of sp³-hybridized carbons (Fsp3) is 0.118. The largest absolute Gasteiger partial charge is 0.396 e. The molecular weight excluding hydrogens is 248 g/mol. The third kappa shape index (κ3) is 1.53. The smallest absolute Gasteiger partial charge is 0.109 e. The number of fused-ring (bicyclic) bond motifs is 6. The van der Waals surface area contributed by atoms with Gasteiger partial charge in [0.15, 0.2) is 0 Å². The summed E-state index contributed by atoms with van der Waals surface area (Å²) >= 11 is 0. The van der Waals surface area contributed by atoms with Crippen LogP contribution >= 0.6 is 0 Å². The maximum absolute atomic E-state index is 9.11. The van der Waals surface area contributed by atoms with E-state index in [2.05, 4.69) is 46.4 Å². The van der Waals surface area contributed by atoms with Gasteiger partial charge in [-0.15, -0.1) is 0 Å². The minimum atomic E-state index is 0.107. The number of aromatic nitrogens is 2. The molecule has 0 unspecified atom stereocenters. The predicted molar refractivity (Wildman–Crippen MR) is 81.9 cm³/mol. The molecule has 3 nitrogen and oxygen atoms in total. The number of nitrogens with one attached hydrogen (secondary N) is 1. The summed E-state index contributed by atoms with van der Waals surface area (Å²) < 4.78 is 0. The lowest BCUT2D eigenvalue weighted by atomic mass is 10.0. The highest BCUT2D eigenvalue weighted by Gasteiger charge is 2.11. The van der Waals surface area contributed by atoms with E-state index in [1.54, 1.807) is 0 Å². The quantitative estimate of drug-likeness (QED) is 0.544. The van der Waals surface area contributed by atoms with Crippen molar-refractivity contribution in [3.8, 4) is 0 Å².